The third-order valence-electron chi connectivity index (χ3n) is 4.57. The van der Waals surface area contributed by atoms with Crippen molar-refractivity contribution in [3.63, 3.8) is 0 Å². The van der Waals surface area contributed by atoms with E-state index in [0.717, 1.165) is 24.8 Å². The Morgan fingerprint density at radius 2 is 1.79 bits per heavy atom. The standard InChI is InChI=1S/C16H25N3/c1-11-14(5-4-10-17-13-6-7-13)12(2)19-15(18-11)16(3)8-9-16/h13,17H,4-10H2,1-3H3. The van der Waals surface area contributed by atoms with Gasteiger partial charge in [0.15, 0.2) is 0 Å². The van der Waals surface area contributed by atoms with Gasteiger partial charge in [0.25, 0.3) is 0 Å². The van der Waals surface area contributed by atoms with Gasteiger partial charge in [0.2, 0.25) is 0 Å². The minimum atomic E-state index is 0.279. The van der Waals surface area contributed by atoms with E-state index >= 15 is 0 Å². The average Bonchev–Trinajstić information content (AvgIpc) is 3.24. The van der Waals surface area contributed by atoms with E-state index in [1.165, 1.54) is 49.1 Å². The zero-order chi connectivity index (χ0) is 13.5. The second kappa shape index (κ2) is 4.86. The maximum Gasteiger partial charge on any atom is 0.134 e. The van der Waals surface area contributed by atoms with Gasteiger partial charge >= 0.3 is 0 Å². The smallest absolute Gasteiger partial charge is 0.134 e. The Kier molecular flexibility index (Phi) is 3.34. The van der Waals surface area contributed by atoms with Crippen LogP contribution in [0.1, 0.15) is 61.8 Å². The van der Waals surface area contributed by atoms with Crippen LogP contribution < -0.4 is 5.32 Å². The Bertz CT molecular complexity index is 450. The number of aryl methyl sites for hydroxylation is 2. The van der Waals surface area contributed by atoms with Gasteiger partial charge < -0.3 is 5.32 Å². The topological polar surface area (TPSA) is 37.8 Å². The SMILES string of the molecule is Cc1nc(C2(C)CC2)nc(C)c1CCCNC1CC1. The molecule has 3 heteroatoms. The van der Waals surface area contributed by atoms with Crippen LogP contribution in [0.25, 0.3) is 0 Å². The van der Waals surface area contributed by atoms with Crippen LogP contribution in [0.3, 0.4) is 0 Å². The lowest BCUT2D eigenvalue weighted by Gasteiger charge is -2.14. The molecular formula is C16H25N3. The van der Waals surface area contributed by atoms with Gasteiger partial charge in [-0.25, -0.2) is 9.97 Å². The molecule has 0 radical (unpaired) electrons. The molecule has 1 N–H and O–H groups in total. The number of hydrogen-bond acceptors (Lipinski definition) is 3. The summed E-state index contributed by atoms with van der Waals surface area (Å²) >= 11 is 0. The maximum absolute atomic E-state index is 4.76. The van der Waals surface area contributed by atoms with E-state index in [9.17, 15) is 0 Å². The van der Waals surface area contributed by atoms with Gasteiger partial charge in [-0.1, -0.05) is 6.92 Å². The highest BCUT2D eigenvalue weighted by molar-refractivity contribution is 5.28. The molecule has 19 heavy (non-hydrogen) atoms. The Labute approximate surface area is 116 Å². The normalized spacial score (nSPS) is 20.6. The molecule has 2 fully saturated rings. The van der Waals surface area contributed by atoms with Crippen LogP contribution in [0.15, 0.2) is 0 Å². The molecule has 104 valence electrons. The summed E-state index contributed by atoms with van der Waals surface area (Å²) in [5, 5.41) is 3.57. The maximum atomic E-state index is 4.76. The fraction of sp³-hybridized carbons (Fsp3) is 0.750. The van der Waals surface area contributed by atoms with E-state index < -0.39 is 0 Å². The number of nitrogens with zero attached hydrogens (tertiary/aromatic N) is 2. The van der Waals surface area contributed by atoms with Crippen LogP contribution in [0.2, 0.25) is 0 Å². The monoisotopic (exact) mass is 259 g/mol. The lowest BCUT2D eigenvalue weighted by atomic mass is 10.0. The Hall–Kier alpha value is -0.960. The van der Waals surface area contributed by atoms with Crippen LogP contribution in [0.4, 0.5) is 0 Å². The minimum absolute atomic E-state index is 0.279. The van der Waals surface area contributed by atoms with Crippen molar-refractivity contribution in [3.8, 4) is 0 Å². The largest absolute Gasteiger partial charge is 0.314 e. The Morgan fingerprint density at radius 1 is 1.16 bits per heavy atom. The molecule has 0 spiro atoms. The number of rotatable bonds is 6. The molecule has 3 rings (SSSR count). The van der Waals surface area contributed by atoms with Gasteiger partial charge in [0.1, 0.15) is 5.82 Å². The molecule has 0 unspecified atom stereocenters. The highest BCUT2D eigenvalue weighted by Gasteiger charge is 2.42. The van der Waals surface area contributed by atoms with Gasteiger partial charge in [-0.05, 0) is 64.5 Å². The predicted octanol–water partition coefficient (Wildman–Crippen LogP) is 2.83. The van der Waals surface area contributed by atoms with Gasteiger partial charge in [-0.3, -0.25) is 0 Å². The van der Waals surface area contributed by atoms with E-state index in [2.05, 4.69) is 26.1 Å². The molecule has 0 aromatic carbocycles. The van der Waals surface area contributed by atoms with Crippen LogP contribution >= 0.6 is 0 Å². The number of aromatic nitrogens is 2. The summed E-state index contributed by atoms with van der Waals surface area (Å²) in [6, 6.07) is 0.815. The second-order valence-corrected chi connectivity index (χ2v) is 6.59. The van der Waals surface area contributed by atoms with Gasteiger partial charge in [-0.2, -0.15) is 0 Å². The first-order valence-corrected chi connectivity index (χ1v) is 7.66. The quantitative estimate of drug-likeness (QED) is 0.798. The van der Waals surface area contributed by atoms with Crippen molar-refractivity contribution in [1.29, 1.82) is 0 Å². The third-order valence-corrected chi connectivity index (χ3v) is 4.57. The molecular weight excluding hydrogens is 234 g/mol. The van der Waals surface area contributed by atoms with E-state index in [1.54, 1.807) is 0 Å². The van der Waals surface area contributed by atoms with E-state index in [0.29, 0.717) is 0 Å². The van der Waals surface area contributed by atoms with Crippen LogP contribution in [-0.2, 0) is 11.8 Å². The molecule has 2 saturated carbocycles. The zero-order valence-electron chi connectivity index (χ0n) is 12.4. The Balaban J connectivity index is 1.63. The summed E-state index contributed by atoms with van der Waals surface area (Å²) in [6.07, 6.45) is 7.53. The summed E-state index contributed by atoms with van der Waals surface area (Å²) in [7, 11) is 0. The Morgan fingerprint density at radius 3 is 2.32 bits per heavy atom. The van der Waals surface area contributed by atoms with Crippen molar-refractivity contribution in [1.82, 2.24) is 15.3 Å². The molecule has 2 aliphatic carbocycles. The molecule has 0 atom stereocenters. The van der Waals surface area contributed by atoms with Crippen molar-refractivity contribution in [2.24, 2.45) is 0 Å². The second-order valence-electron chi connectivity index (χ2n) is 6.59. The number of hydrogen-bond donors (Lipinski definition) is 1. The summed E-state index contributed by atoms with van der Waals surface area (Å²) in [5.74, 6) is 1.07. The fourth-order valence-electron chi connectivity index (χ4n) is 2.64. The summed E-state index contributed by atoms with van der Waals surface area (Å²) in [6.45, 7) is 7.70. The fourth-order valence-corrected chi connectivity index (χ4v) is 2.64. The first-order chi connectivity index (χ1) is 9.08. The highest BCUT2D eigenvalue weighted by Crippen LogP contribution is 2.46. The van der Waals surface area contributed by atoms with Crippen molar-refractivity contribution in [3.05, 3.63) is 22.8 Å². The molecule has 1 heterocycles. The van der Waals surface area contributed by atoms with Crippen molar-refractivity contribution >= 4 is 0 Å². The highest BCUT2D eigenvalue weighted by atomic mass is 14.9. The zero-order valence-corrected chi connectivity index (χ0v) is 12.4. The van der Waals surface area contributed by atoms with Gasteiger partial charge in [0.05, 0.1) is 0 Å². The van der Waals surface area contributed by atoms with E-state index in [1.807, 2.05) is 0 Å². The summed E-state index contributed by atoms with van der Waals surface area (Å²) < 4.78 is 0. The lowest BCUT2D eigenvalue weighted by molar-refractivity contribution is 0.636. The minimum Gasteiger partial charge on any atom is -0.314 e. The molecule has 1 aromatic heterocycles. The molecule has 0 amide bonds. The summed E-state index contributed by atoms with van der Waals surface area (Å²) in [4.78, 5) is 9.52. The molecule has 2 aliphatic rings. The lowest BCUT2D eigenvalue weighted by Crippen LogP contribution is -2.18. The average molecular weight is 259 g/mol. The molecule has 0 aliphatic heterocycles. The first kappa shape index (κ1) is 13.0. The molecule has 0 bridgehead atoms. The molecule has 3 nitrogen and oxygen atoms in total. The first-order valence-electron chi connectivity index (χ1n) is 7.66. The van der Waals surface area contributed by atoms with E-state index in [-0.39, 0.29) is 5.41 Å². The number of nitrogens with one attached hydrogen (secondary N) is 1. The van der Waals surface area contributed by atoms with Crippen LogP contribution in [0, 0.1) is 13.8 Å². The predicted molar refractivity (Wildman–Crippen MR) is 77.4 cm³/mol. The van der Waals surface area contributed by atoms with E-state index in [4.69, 9.17) is 9.97 Å². The molecule has 0 saturated heterocycles. The third kappa shape index (κ3) is 2.97. The van der Waals surface area contributed by atoms with Crippen LogP contribution in [0.5, 0.6) is 0 Å². The van der Waals surface area contributed by atoms with Gasteiger partial charge in [-0.15, -0.1) is 0 Å². The van der Waals surface area contributed by atoms with Crippen LogP contribution in [-0.4, -0.2) is 22.6 Å². The van der Waals surface area contributed by atoms with Crippen molar-refractivity contribution in [2.75, 3.05) is 6.54 Å². The summed E-state index contributed by atoms with van der Waals surface area (Å²) in [5.41, 5.74) is 4.04. The van der Waals surface area contributed by atoms with Crippen molar-refractivity contribution < 1.29 is 0 Å². The molecule has 1 aromatic rings. The van der Waals surface area contributed by atoms with Gasteiger partial charge in [0, 0.05) is 22.8 Å². The van der Waals surface area contributed by atoms with Crippen molar-refractivity contribution in [2.45, 2.75) is 70.8 Å².